The molecule has 23 heavy (non-hydrogen) atoms. The highest BCUT2D eigenvalue weighted by atomic mass is 16.5. The van der Waals surface area contributed by atoms with Crippen molar-refractivity contribution in [2.45, 2.75) is 25.9 Å². The van der Waals surface area contributed by atoms with Crippen LogP contribution in [0.4, 0.5) is 5.82 Å². The minimum Gasteiger partial charge on any atom is -0.393 e. The molecule has 1 aromatic heterocycles. The zero-order chi connectivity index (χ0) is 16.3. The number of anilines is 1. The third-order valence-corrected chi connectivity index (χ3v) is 4.23. The third kappa shape index (κ3) is 3.68. The van der Waals surface area contributed by atoms with Gasteiger partial charge in [-0.1, -0.05) is 29.8 Å². The number of aliphatic hydroxyl groups is 1. The van der Waals surface area contributed by atoms with Gasteiger partial charge in [-0.3, -0.25) is 0 Å². The number of benzene rings is 1. The predicted molar refractivity (Wildman–Crippen MR) is 89.6 cm³/mol. The Morgan fingerprint density at radius 3 is 2.91 bits per heavy atom. The summed E-state index contributed by atoms with van der Waals surface area (Å²) in [6.45, 7) is 5.92. The molecule has 0 amide bonds. The lowest BCUT2D eigenvalue weighted by molar-refractivity contribution is -0.0869. The van der Waals surface area contributed by atoms with E-state index < -0.39 is 5.60 Å². The molecule has 1 fully saturated rings. The first-order valence-corrected chi connectivity index (χ1v) is 7.95. The number of ether oxygens (including phenoxy) is 1. The van der Waals surface area contributed by atoms with Crippen LogP contribution in [0.15, 0.2) is 36.5 Å². The Hall–Kier alpha value is -1.98. The molecule has 2 heterocycles. The predicted octanol–water partition coefficient (Wildman–Crippen LogP) is 1.90. The number of nitrogens with zero attached hydrogens (tertiary/aromatic N) is 3. The maximum absolute atomic E-state index is 10.0. The lowest BCUT2D eigenvalue weighted by Crippen LogP contribution is -2.55. The van der Waals surface area contributed by atoms with Gasteiger partial charge in [0.2, 0.25) is 0 Å². The van der Waals surface area contributed by atoms with Gasteiger partial charge in [-0.05, 0) is 25.5 Å². The topological polar surface area (TPSA) is 58.5 Å². The number of rotatable bonds is 4. The number of hydrogen-bond acceptors (Lipinski definition) is 5. The molecule has 0 saturated carbocycles. The van der Waals surface area contributed by atoms with E-state index in [0.29, 0.717) is 19.6 Å². The Labute approximate surface area is 137 Å². The first-order valence-electron chi connectivity index (χ1n) is 7.95. The Kier molecular flexibility index (Phi) is 4.59. The molecule has 0 bridgehead atoms. The molecule has 1 aliphatic rings. The van der Waals surface area contributed by atoms with E-state index in [0.717, 1.165) is 18.2 Å². The lowest BCUT2D eigenvalue weighted by atomic mass is 9.92. The van der Waals surface area contributed by atoms with Gasteiger partial charge in [0.1, 0.15) is 17.2 Å². The Balaban J connectivity index is 1.81. The zero-order valence-electron chi connectivity index (χ0n) is 13.7. The molecule has 3 rings (SSSR count). The van der Waals surface area contributed by atoms with Gasteiger partial charge in [-0.2, -0.15) is 0 Å². The molecule has 1 atom stereocenters. The molecule has 1 aromatic carbocycles. The molecule has 122 valence electrons. The third-order valence-electron chi connectivity index (χ3n) is 4.23. The second-order valence-corrected chi connectivity index (χ2v) is 6.24. The molecule has 1 unspecified atom stereocenters. The van der Waals surface area contributed by atoms with Crippen LogP contribution in [0.1, 0.15) is 17.0 Å². The Bertz CT molecular complexity index is 677. The maximum Gasteiger partial charge on any atom is 0.132 e. The molecular weight excluding hydrogens is 290 g/mol. The quantitative estimate of drug-likeness (QED) is 0.934. The largest absolute Gasteiger partial charge is 0.393 e. The van der Waals surface area contributed by atoms with Crippen LogP contribution in [0.2, 0.25) is 0 Å². The highest BCUT2D eigenvalue weighted by molar-refractivity contribution is 5.39. The van der Waals surface area contributed by atoms with Gasteiger partial charge in [0.05, 0.1) is 19.8 Å². The molecule has 0 spiro atoms. The number of aliphatic hydroxyl groups excluding tert-OH is 1. The molecule has 1 saturated heterocycles. The average molecular weight is 313 g/mol. The van der Waals surface area contributed by atoms with Crippen LogP contribution in [0.25, 0.3) is 0 Å². The maximum atomic E-state index is 10.0. The van der Waals surface area contributed by atoms with Crippen LogP contribution in [0.5, 0.6) is 0 Å². The van der Waals surface area contributed by atoms with Gasteiger partial charge >= 0.3 is 0 Å². The zero-order valence-corrected chi connectivity index (χ0v) is 13.7. The first-order chi connectivity index (χ1) is 11.1. The van der Waals surface area contributed by atoms with Crippen molar-refractivity contribution in [3.05, 3.63) is 53.5 Å². The van der Waals surface area contributed by atoms with Gasteiger partial charge in [0, 0.05) is 19.2 Å². The van der Waals surface area contributed by atoms with Crippen molar-refractivity contribution in [3.63, 3.8) is 0 Å². The Morgan fingerprint density at radius 2 is 2.17 bits per heavy atom. The standard InChI is InChI=1S/C18H23N3O2/c1-14-4-3-5-16(10-14)11-18(13-22)12-21(8-9-23-18)17-6-7-19-15(2)20-17/h3-7,10,22H,8-9,11-13H2,1-2H3. The summed E-state index contributed by atoms with van der Waals surface area (Å²) >= 11 is 0. The first kappa shape index (κ1) is 15.9. The summed E-state index contributed by atoms with van der Waals surface area (Å²) in [6, 6.07) is 10.3. The van der Waals surface area contributed by atoms with Gasteiger partial charge < -0.3 is 14.7 Å². The van der Waals surface area contributed by atoms with E-state index in [1.165, 1.54) is 11.1 Å². The van der Waals surface area contributed by atoms with Crippen LogP contribution in [0.3, 0.4) is 0 Å². The minimum atomic E-state index is -0.592. The molecule has 0 aliphatic carbocycles. The van der Waals surface area contributed by atoms with E-state index in [1.54, 1.807) is 6.20 Å². The highest BCUT2D eigenvalue weighted by Crippen LogP contribution is 2.26. The second kappa shape index (κ2) is 6.64. The summed E-state index contributed by atoms with van der Waals surface area (Å²) in [5, 5.41) is 10.0. The van der Waals surface area contributed by atoms with Crippen molar-refractivity contribution in [1.82, 2.24) is 9.97 Å². The smallest absolute Gasteiger partial charge is 0.132 e. The monoisotopic (exact) mass is 313 g/mol. The molecule has 0 radical (unpaired) electrons. The summed E-state index contributed by atoms with van der Waals surface area (Å²) in [7, 11) is 0. The van der Waals surface area contributed by atoms with Crippen molar-refractivity contribution in [3.8, 4) is 0 Å². The van der Waals surface area contributed by atoms with Crippen LogP contribution in [0, 0.1) is 13.8 Å². The summed E-state index contributed by atoms with van der Waals surface area (Å²) < 4.78 is 6.01. The van der Waals surface area contributed by atoms with E-state index in [-0.39, 0.29) is 6.61 Å². The lowest BCUT2D eigenvalue weighted by Gasteiger charge is -2.42. The molecule has 1 aliphatic heterocycles. The average Bonchev–Trinajstić information content (AvgIpc) is 2.55. The van der Waals surface area contributed by atoms with Crippen molar-refractivity contribution in [2.75, 3.05) is 31.2 Å². The molecule has 2 aromatic rings. The van der Waals surface area contributed by atoms with Crippen LogP contribution in [-0.2, 0) is 11.2 Å². The molecule has 1 N–H and O–H groups in total. The molecule has 5 nitrogen and oxygen atoms in total. The van der Waals surface area contributed by atoms with E-state index in [2.05, 4.69) is 40.0 Å². The summed E-state index contributed by atoms with van der Waals surface area (Å²) in [6.07, 6.45) is 2.46. The number of aromatic nitrogens is 2. The number of aryl methyl sites for hydroxylation is 2. The number of morpholine rings is 1. The van der Waals surface area contributed by atoms with Crippen LogP contribution >= 0.6 is 0 Å². The summed E-state index contributed by atoms with van der Waals surface area (Å²) in [5.74, 6) is 1.64. The SMILES string of the molecule is Cc1cccc(CC2(CO)CN(c3ccnc(C)n3)CCO2)c1. The fourth-order valence-electron chi connectivity index (χ4n) is 3.11. The molecule has 5 heteroatoms. The Morgan fingerprint density at radius 1 is 1.30 bits per heavy atom. The normalized spacial score (nSPS) is 21.4. The van der Waals surface area contributed by atoms with Crippen LogP contribution < -0.4 is 4.90 Å². The van der Waals surface area contributed by atoms with E-state index in [4.69, 9.17) is 4.74 Å². The molecular formula is C18H23N3O2. The van der Waals surface area contributed by atoms with E-state index >= 15 is 0 Å². The van der Waals surface area contributed by atoms with Gasteiger partial charge in [-0.25, -0.2) is 9.97 Å². The highest BCUT2D eigenvalue weighted by Gasteiger charge is 2.37. The van der Waals surface area contributed by atoms with Gasteiger partial charge in [-0.15, -0.1) is 0 Å². The van der Waals surface area contributed by atoms with E-state index in [1.807, 2.05) is 19.1 Å². The van der Waals surface area contributed by atoms with Crippen molar-refractivity contribution < 1.29 is 9.84 Å². The fraction of sp³-hybridized carbons (Fsp3) is 0.444. The van der Waals surface area contributed by atoms with Crippen molar-refractivity contribution >= 4 is 5.82 Å². The summed E-state index contributed by atoms with van der Waals surface area (Å²) in [4.78, 5) is 10.8. The summed E-state index contributed by atoms with van der Waals surface area (Å²) in [5.41, 5.74) is 1.81. The minimum absolute atomic E-state index is 0.0124. The van der Waals surface area contributed by atoms with Crippen LogP contribution in [-0.4, -0.2) is 47.0 Å². The fourth-order valence-corrected chi connectivity index (χ4v) is 3.11. The van der Waals surface area contributed by atoms with E-state index in [9.17, 15) is 5.11 Å². The number of hydrogen-bond donors (Lipinski definition) is 1. The van der Waals surface area contributed by atoms with Gasteiger partial charge in [0.15, 0.2) is 0 Å². The van der Waals surface area contributed by atoms with Gasteiger partial charge in [0.25, 0.3) is 0 Å². The van der Waals surface area contributed by atoms with Crippen molar-refractivity contribution in [2.24, 2.45) is 0 Å². The van der Waals surface area contributed by atoms with Crippen molar-refractivity contribution in [1.29, 1.82) is 0 Å². The second-order valence-electron chi connectivity index (χ2n) is 6.24.